The Labute approximate surface area is 145 Å². The van der Waals surface area contributed by atoms with Gasteiger partial charge in [-0.25, -0.2) is 0 Å². The molecule has 3 rings (SSSR count). The number of fused-ring (bicyclic) bond motifs is 2. The van der Waals surface area contributed by atoms with Crippen molar-refractivity contribution in [3.8, 4) is 0 Å². The molecule has 0 radical (unpaired) electrons. The lowest BCUT2D eigenvalue weighted by molar-refractivity contribution is 0.802. The average Bonchev–Trinajstić information content (AvgIpc) is 2.69. The van der Waals surface area contributed by atoms with Gasteiger partial charge in [-0.05, 0) is 54.4 Å². The Morgan fingerprint density at radius 1 is 1.22 bits per heavy atom. The Morgan fingerprint density at radius 2 is 1.96 bits per heavy atom. The molecule has 0 spiro atoms. The largest absolute Gasteiger partial charge is 0.385 e. The smallest absolute Gasteiger partial charge is 0.140 e. The SMILES string of the molecule is C.CC.CCCc1c2c(cc3c1NCCC3)CC(C)B(C)CC2. The number of anilines is 1. The monoisotopic (exact) mass is 315 g/mol. The molecular weight excluding hydrogens is 277 g/mol. The number of rotatable bonds is 2. The van der Waals surface area contributed by atoms with Crippen LogP contribution in [0.2, 0.25) is 19.0 Å². The first kappa shape index (κ1) is 20.1. The van der Waals surface area contributed by atoms with Crippen molar-refractivity contribution in [2.45, 2.75) is 92.6 Å². The van der Waals surface area contributed by atoms with Gasteiger partial charge in [0.25, 0.3) is 0 Å². The molecule has 0 bridgehead atoms. The zero-order valence-corrected chi connectivity index (χ0v) is 15.4. The zero-order valence-electron chi connectivity index (χ0n) is 15.4. The summed E-state index contributed by atoms with van der Waals surface area (Å²) in [6.45, 7) is 13.2. The lowest BCUT2D eigenvalue weighted by atomic mass is 9.41. The number of hydrogen-bond acceptors (Lipinski definition) is 1. The maximum atomic E-state index is 3.71. The van der Waals surface area contributed by atoms with E-state index in [4.69, 9.17) is 0 Å². The fraction of sp³-hybridized carbons (Fsp3) is 0.714. The van der Waals surface area contributed by atoms with Crippen molar-refractivity contribution in [3.05, 3.63) is 28.3 Å². The van der Waals surface area contributed by atoms with Crippen LogP contribution >= 0.6 is 0 Å². The highest BCUT2D eigenvalue weighted by Gasteiger charge is 2.26. The van der Waals surface area contributed by atoms with Crippen LogP contribution in [0.1, 0.15) is 70.2 Å². The standard InChI is InChI=1S/C18H28BN.C2H6.CH4/c1-4-6-17-16-8-9-19(3)13(2)11-15(16)12-14-7-5-10-20-18(14)17;1-2;/h12-13,20H,4-11H2,1-3H3;1-2H3;1H4. The first-order valence-electron chi connectivity index (χ1n) is 9.61. The van der Waals surface area contributed by atoms with E-state index in [9.17, 15) is 0 Å². The first-order valence-corrected chi connectivity index (χ1v) is 9.61. The maximum Gasteiger partial charge on any atom is 0.140 e. The van der Waals surface area contributed by atoms with E-state index < -0.39 is 0 Å². The van der Waals surface area contributed by atoms with Crippen LogP contribution in [0.15, 0.2) is 6.07 Å². The molecule has 0 saturated heterocycles. The average molecular weight is 315 g/mol. The summed E-state index contributed by atoms with van der Waals surface area (Å²) in [5.74, 6) is 0.834. The summed E-state index contributed by atoms with van der Waals surface area (Å²) in [5, 5.41) is 3.71. The Bertz CT molecular complexity index is 495. The first-order chi connectivity index (χ1) is 10.7. The van der Waals surface area contributed by atoms with Crippen molar-refractivity contribution in [1.82, 2.24) is 0 Å². The molecule has 2 aliphatic rings. The van der Waals surface area contributed by atoms with E-state index >= 15 is 0 Å². The van der Waals surface area contributed by atoms with Gasteiger partial charge in [0.2, 0.25) is 0 Å². The summed E-state index contributed by atoms with van der Waals surface area (Å²) < 4.78 is 0. The normalized spacial score (nSPS) is 19.2. The molecule has 0 saturated carbocycles. The van der Waals surface area contributed by atoms with E-state index in [1.54, 1.807) is 22.3 Å². The molecule has 1 unspecified atom stereocenters. The molecule has 2 heterocycles. The molecule has 0 amide bonds. The van der Waals surface area contributed by atoms with Crippen LogP contribution in [0.5, 0.6) is 0 Å². The predicted octanol–water partition coefficient (Wildman–Crippen LogP) is 6.27. The van der Waals surface area contributed by atoms with Crippen LogP contribution in [0.4, 0.5) is 5.69 Å². The van der Waals surface area contributed by atoms with E-state index in [0.29, 0.717) is 0 Å². The second kappa shape index (κ2) is 9.40. The second-order valence-electron chi connectivity index (χ2n) is 7.00. The molecule has 2 heteroatoms. The van der Waals surface area contributed by atoms with E-state index in [2.05, 4.69) is 32.1 Å². The number of hydrogen-bond donors (Lipinski definition) is 1. The van der Waals surface area contributed by atoms with Gasteiger partial charge in [-0.1, -0.05) is 66.6 Å². The molecular formula is C21H38BN. The van der Waals surface area contributed by atoms with Crippen LogP contribution in [-0.2, 0) is 25.7 Å². The quantitative estimate of drug-likeness (QED) is 0.634. The summed E-state index contributed by atoms with van der Waals surface area (Å²) in [6, 6.07) is 2.55. The molecule has 1 aromatic rings. The highest BCUT2D eigenvalue weighted by molar-refractivity contribution is 6.59. The van der Waals surface area contributed by atoms with E-state index in [0.717, 1.165) is 19.1 Å². The van der Waals surface area contributed by atoms with Gasteiger partial charge in [0, 0.05) is 12.2 Å². The number of aryl methyl sites for hydroxylation is 1. The third-order valence-corrected chi connectivity index (χ3v) is 5.51. The fourth-order valence-corrected chi connectivity index (χ4v) is 4.04. The molecule has 2 aliphatic heterocycles. The van der Waals surface area contributed by atoms with Gasteiger partial charge in [0.15, 0.2) is 0 Å². The van der Waals surface area contributed by atoms with Gasteiger partial charge in [-0.15, -0.1) is 0 Å². The number of nitrogens with one attached hydrogen (secondary N) is 1. The van der Waals surface area contributed by atoms with Gasteiger partial charge in [-0.2, -0.15) is 0 Å². The summed E-state index contributed by atoms with van der Waals surface area (Å²) in [4.78, 5) is 0. The third-order valence-electron chi connectivity index (χ3n) is 5.51. The molecule has 0 fully saturated rings. The topological polar surface area (TPSA) is 12.0 Å². The summed E-state index contributed by atoms with van der Waals surface area (Å²) in [5.41, 5.74) is 8.16. The zero-order chi connectivity index (χ0) is 16.1. The van der Waals surface area contributed by atoms with Crippen molar-refractivity contribution in [2.75, 3.05) is 11.9 Å². The van der Waals surface area contributed by atoms with Crippen molar-refractivity contribution in [2.24, 2.45) is 0 Å². The van der Waals surface area contributed by atoms with Gasteiger partial charge < -0.3 is 5.32 Å². The Balaban J connectivity index is 0.000000849. The minimum absolute atomic E-state index is 0. The van der Waals surface area contributed by atoms with Gasteiger partial charge in [-0.3, -0.25) is 0 Å². The van der Waals surface area contributed by atoms with E-state index in [-0.39, 0.29) is 7.43 Å². The highest BCUT2D eigenvalue weighted by Crippen LogP contribution is 2.37. The summed E-state index contributed by atoms with van der Waals surface area (Å²) >= 11 is 0. The maximum absolute atomic E-state index is 3.71. The van der Waals surface area contributed by atoms with Crippen LogP contribution in [0.25, 0.3) is 0 Å². The van der Waals surface area contributed by atoms with Gasteiger partial charge >= 0.3 is 0 Å². The molecule has 1 aromatic carbocycles. The van der Waals surface area contributed by atoms with Crippen LogP contribution in [0.3, 0.4) is 0 Å². The molecule has 130 valence electrons. The van der Waals surface area contributed by atoms with Crippen molar-refractivity contribution >= 4 is 12.4 Å². The second-order valence-corrected chi connectivity index (χ2v) is 7.00. The van der Waals surface area contributed by atoms with Gasteiger partial charge in [0.05, 0.1) is 0 Å². The minimum Gasteiger partial charge on any atom is -0.385 e. The molecule has 1 nitrogen and oxygen atoms in total. The van der Waals surface area contributed by atoms with Crippen molar-refractivity contribution in [1.29, 1.82) is 0 Å². The van der Waals surface area contributed by atoms with Crippen LogP contribution in [0, 0.1) is 0 Å². The van der Waals surface area contributed by atoms with Crippen molar-refractivity contribution < 1.29 is 0 Å². The Kier molecular flexibility index (Phi) is 8.22. The minimum atomic E-state index is 0. The molecule has 23 heavy (non-hydrogen) atoms. The number of benzene rings is 1. The summed E-state index contributed by atoms with van der Waals surface area (Å²) in [6.07, 6.45) is 9.03. The molecule has 0 aromatic heterocycles. The highest BCUT2D eigenvalue weighted by atomic mass is 14.9. The molecule has 1 atom stereocenters. The molecule has 1 N–H and O–H groups in total. The van der Waals surface area contributed by atoms with E-state index in [1.165, 1.54) is 50.5 Å². The fourth-order valence-electron chi connectivity index (χ4n) is 4.04. The van der Waals surface area contributed by atoms with E-state index in [1.807, 2.05) is 13.8 Å². The Morgan fingerprint density at radius 3 is 2.65 bits per heavy atom. The lowest BCUT2D eigenvalue weighted by Gasteiger charge is -2.26. The Hall–Kier alpha value is -0.915. The van der Waals surface area contributed by atoms with Crippen molar-refractivity contribution in [3.63, 3.8) is 0 Å². The van der Waals surface area contributed by atoms with Crippen LogP contribution in [-0.4, -0.2) is 13.3 Å². The predicted molar refractivity (Wildman–Crippen MR) is 109 cm³/mol. The van der Waals surface area contributed by atoms with Gasteiger partial charge in [0.1, 0.15) is 6.71 Å². The van der Waals surface area contributed by atoms with Crippen LogP contribution < -0.4 is 5.32 Å². The lowest BCUT2D eigenvalue weighted by Crippen LogP contribution is -2.16. The molecule has 0 aliphatic carbocycles. The summed E-state index contributed by atoms with van der Waals surface area (Å²) in [7, 11) is 0. The third kappa shape index (κ3) is 4.34.